The Morgan fingerprint density at radius 2 is 1.74 bits per heavy atom. The molecule has 0 saturated carbocycles. The number of nitrogens with one attached hydrogen (secondary N) is 3. The van der Waals surface area contributed by atoms with Crippen LogP contribution in [0.5, 0.6) is 0 Å². The van der Waals surface area contributed by atoms with Crippen LogP contribution in [0.2, 0.25) is 0 Å². The van der Waals surface area contributed by atoms with Crippen molar-refractivity contribution in [3.63, 3.8) is 0 Å². The van der Waals surface area contributed by atoms with Gasteiger partial charge in [-0.05, 0) is 42.7 Å². The van der Waals surface area contributed by atoms with Crippen LogP contribution < -0.4 is 16.0 Å². The molecule has 1 aromatic heterocycles. The van der Waals surface area contributed by atoms with Gasteiger partial charge >= 0.3 is 12.2 Å². The lowest BCUT2D eigenvalue weighted by Gasteiger charge is -2.13. The number of urea groups is 1. The summed E-state index contributed by atoms with van der Waals surface area (Å²) in [7, 11) is 0. The van der Waals surface area contributed by atoms with Gasteiger partial charge in [-0.2, -0.15) is 13.2 Å². The largest absolute Gasteiger partial charge is 0.433 e. The molecule has 2 aromatic carbocycles. The number of rotatable bonds is 7. The number of alkyl halides is 3. The summed E-state index contributed by atoms with van der Waals surface area (Å²) in [5, 5.41) is 7.25. The van der Waals surface area contributed by atoms with Crippen LogP contribution in [0, 0.1) is 6.92 Å². The molecule has 0 aliphatic carbocycles. The lowest BCUT2D eigenvalue weighted by Crippen LogP contribution is -2.35. The van der Waals surface area contributed by atoms with E-state index in [1.54, 1.807) is 43.3 Å². The molecule has 7 nitrogen and oxygen atoms in total. The number of imide groups is 1. The van der Waals surface area contributed by atoms with Gasteiger partial charge in [-0.1, -0.05) is 49.0 Å². The van der Waals surface area contributed by atoms with E-state index in [1.165, 1.54) is 0 Å². The van der Waals surface area contributed by atoms with Gasteiger partial charge in [-0.3, -0.25) is 10.1 Å². The van der Waals surface area contributed by atoms with Gasteiger partial charge in [0.15, 0.2) is 10.9 Å². The Kier molecular flexibility index (Phi) is 8.11. The quantitative estimate of drug-likeness (QED) is 0.298. The molecule has 0 spiro atoms. The smallest absolute Gasteiger partial charge is 0.340 e. The number of hydrogen-bond donors (Lipinski definition) is 3. The van der Waals surface area contributed by atoms with E-state index in [0.717, 1.165) is 23.6 Å². The number of carbonyl (C=O) groups is 2. The van der Waals surface area contributed by atoms with Crippen molar-refractivity contribution in [3.8, 4) is 0 Å². The molecule has 0 aliphatic rings. The summed E-state index contributed by atoms with van der Waals surface area (Å²) in [5.74, 6) is -1.12. The molecule has 3 N–H and O–H groups in total. The third-order valence-corrected chi connectivity index (χ3v) is 5.46. The van der Waals surface area contributed by atoms with Gasteiger partial charge in [0.25, 0.3) is 0 Å². The van der Waals surface area contributed by atoms with Crippen LogP contribution >= 0.6 is 11.8 Å². The Labute approximate surface area is 198 Å². The molecule has 3 rings (SSSR count). The van der Waals surface area contributed by atoms with E-state index in [1.807, 2.05) is 19.1 Å². The van der Waals surface area contributed by atoms with Crippen LogP contribution in [0.4, 0.5) is 35.2 Å². The standard InChI is InChI=1S/C23H22F3N5O2S/c1-3-15-8-10-16(11-9-15)27-21(33)31-20(32)13-34-22-29-18(23(24,25)26)12-19(30-22)28-17-7-5-4-6-14(17)2/h4-12H,3,13H2,1-2H3,(H,28,29,30)(H2,27,31,32,33). The molecule has 0 radical (unpaired) electrons. The van der Waals surface area contributed by atoms with Gasteiger partial charge in [-0.15, -0.1) is 0 Å². The number of nitrogens with zero attached hydrogens (tertiary/aromatic N) is 2. The zero-order chi connectivity index (χ0) is 24.7. The van der Waals surface area contributed by atoms with Crippen LogP contribution in [0.1, 0.15) is 23.7 Å². The first-order valence-corrected chi connectivity index (χ1v) is 11.2. The summed E-state index contributed by atoms with van der Waals surface area (Å²) in [6, 6.07) is 14.2. The summed E-state index contributed by atoms with van der Waals surface area (Å²) in [6.07, 6.45) is -3.85. The van der Waals surface area contributed by atoms with E-state index in [4.69, 9.17) is 0 Å². The molecule has 3 aromatic rings. The molecule has 0 atom stereocenters. The number of thioether (sulfide) groups is 1. The Morgan fingerprint density at radius 3 is 2.38 bits per heavy atom. The molecule has 34 heavy (non-hydrogen) atoms. The number of para-hydroxylation sites is 1. The SMILES string of the molecule is CCc1ccc(NC(=O)NC(=O)CSc2nc(Nc3ccccc3C)cc(C(F)(F)F)n2)cc1. The highest BCUT2D eigenvalue weighted by Gasteiger charge is 2.34. The minimum atomic E-state index is -4.70. The van der Waals surface area contributed by atoms with Crippen LogP contribution in [-0.4, -0.2) is 27.7 Å². The van der Waals surface area contributed by atoms with Crippen LogP contribution in [0.25, 0.3) is 0 Å². The fraction of sp³-hybridized carbons (Fsp3) is 0.217. The zero-order valence-electron chi connectivity index (χ0n) is 18.4. The first kappa shape index (κ1) is 25.0. The third kappa shape index (κ3) is 7.20. The first-order valence-electron chi connectivity index (χ1n) is 10.3. The van der Waals surface area contributed by atoms with Crippen molar-refractivity contribution in [1.29, 1.82) is 0 Å². The van der Waals surface area contributed by atoms with E-state index < -0.39 is 23.8 Å². The average Bonchev–Trinajstić information content (AvgIpc) is 2.79. The highest BCUT2D eigenvalue weighted by Crippen LogP contribution is 2.31. The third-order valence-electron chi connectivity index (χ3n) is 4.61. The number of carbonyl (C=O) groups excluding carboxylic acids is 2. The number of halogens is 3. The van der Waals surface area contributed by atoms with Crippen LogP contribution in [0.3, 0.4) is 0 Å². The lowest BCUT2D eigenvalue weighted by atomic mass is 10.1. The molecule has 0 bridgehead atoms. The zero-order valence-corrected chi connectivity index (χ0v) is 19.2. The molecule has 0 unspecified atom stereocenters. The number of amides is 3. The number of anilines is 3. The number of aromatic nitrogens is 2. The summed E-state index contributed by atoms with van der Waals surface area (Å²) in [5.41, 5.74) is 1.86. The number of hydrogen-bond acceptors (Lipinski definition) is 6. The van der Waals surface area contributed by atoms with Crippen molar-refractivity contribution in [1.82, 2.24) is 15.3 Å². The van der Waals surface area contributed by atoms with Crippen molar-refractivity contribution in [2.24, 2.45) is 0 Å². The molecular weight excluding hydrogens is 467 g/mol. The highest BCUT2D eigenvalue weighted by molar-refractivity contribution is 7.99. The fourth-order valence-corrected chi connectivity index (χ4v) is 3.49. The predicted octanol–water partition coefficient (Wildman–Crippen LogP) is 5.55. The summed E-state index contributed by atoms with van der Waals surface area (Å²) >= 11 is 0.687. The maximum atomic E-state index is 13.3. The Hall–Kier alpha value is -3.60. The number of aryl methyl sites for hydroxylation is 2. The van der Waals surface area contributed by atoms with Crippen molar-refractivity contribution >= 4 is 40.9 Å². The summed E-state index contributed by atoms with van der Waals surface area (Å²) in [4.78, 5) is 31.7. The average molecular weight is 490 g/mol. The van der Waals surface area contributed by atoms with Gasteiger partial charge in [0.1, 0.15) is 5.82 Å². The molecule has 0 fully saturated rings. The molecule has 3 amide bonds. The van der Waals surface area contributed by atoms with Crippen LogP contribution in [0.15, 0.2) is 59.8 Å². The molecular formula is C23H22F3N5O2S. The maximum absolute atomic E-state index is 13.3. The predicted molar refractivity (Wildman–Crippen MR) is 125 cm³/mol. The molecule has 1 heterocycles. The molecule has 11 heteroatoms. The van der Waals surface area contributed by atoms with Gasteiger partial charge < -0.3 is 10.6 Å². The molecule has 0 aliphatic heterocycles. The Balaban J connectivity index is 1.64. The summed E-state index contributed by atoms with van der Waals surface area (Å²) < 4.78 is 40.0. The second kappa shape index (κ2) is 11.0. The van der Waals surface area contributed by atoms with E-state index >= 15 is 0 Å². The topological polar surface area (TPSA) is 96.0 Å². The van der Waals surface area contributed by atoms with Gasteiger partial charge in [-0.25, -0.2) is 14.8 Å². The van der Waals surface area contributed by atoms with Gasteiger partial charge in [0.2, 0.25) is 5.91 Å². The van der Waals surface area contributed by atoms with E-state index in [2.05, 4.69) is 25.9 Å². The Morgan fingerprint density at radius 1 is 1.03 bits per heavy atom. The van der Waals surface area contributed by atoms with Crippen LogP contribution in [-0.2, 0) is 17.4 Å². The molecule has 178 valence electrons. The monoisotopic (exact) mass is 489 g/mol. The minimum absolute atomic E-state index is 0.0622. The second-order valence-corrected chi connectivity index (χ2v) is 8.14. The van der Waals surface area contributed by atoms with Gasteiger partial charge in [0.05, 0.1) is 5.75 Å². The number of benzene rings is 2. The van der Waals surface area contributed by atoms with E-state index in [-0.39, 0.29) is 16.7 Å². The fourth-order valence-electron chi connectivity index (χ4n) is 2.83. The van der Waals surface area contributed by atoms with Crippen molar-refractivity contribution in [2.45, 2.75) is 31.6 Å². The van der Waals surface area contributed by atoms with E-state index in [9.17, 15) is 22.8 Å². The van der Waals surface area contributed by atoms with Crippen molar-refractivity contribution in [2.75, 3.05) is 16.4 Å². The highest BCUT2D eigenvalue weighted by atomic mass is 32.2. The first-order chi connectivity index (χ1) is 16.1. The lowest BCUT2D eigenvalue weighted by molar-refractivity contribution is -0.141. The summed E-state index contributed by atoms with van der Waals surface area (Å²) in [6.45, 7) is 3.80. The minimum Gasteiger partial charge on any atom is -0.340 e. The Bertz CT molecular complexity index is 1170. The van der Waals surface area contributed by atoms with E-state index in [0.29, 0.717) is 23.1 Å². The molecule has 0 saturated heterocycles. The van der Waals surface area contributed by atoms with Crippen molar-refractivity contribution < 1.29 is 22.8 Å². The maximum Gasteiger partial charge on any atom is 0.433 e. The van der Waals surface area contributed by atoms with Crippen molar-refractivity contribution in [3.05, 3.63) is 71.4 Å². The normalized spacial score (nSPS) is 11.1. The second-order valence-electron chi connectivity index (χ2n) is 7.20. The van der Waals surface area contributed by atoms with Gasteiger partial charge in [0, 0.05) is 17.4 Å².